The third-order valence-electron chi connectivity index (χ3n) is 2.89. The lowest BCUT2D eigenvalue weighted by Crippen LogP contribution is -2.06. The number of ether oxygens (including phenoxy) is 1. The predicted molar refractivity (Wildman–Crippen MR) is 78.1 cm³/mol. The molecule has 0 spiro atoms. The number of carbonyl (C=O) groups is 1. The molecule has 1 aromatic carbocycles. The van der Waals surface area contributed by atoms with Gasteiger partial charge in [0.05, 0.1) is 5.69 Å². The van der Waals surface area contributed by atoms with E-state index in [1.807, 2.05) is 37.3 Å². The molecule has 0 aliphatic rings. The highest BCUT2D eigenvalue weighted by atomic mass is 32.1. The molecule has 0 bridgehead atoms. The summed E-state index contributed by atoms with van der Waals surface area (Å²) in [6.07, 6.45) is 0.625. The summed E-state index contributed by atoms with van der Waals surface area (Å²) in [6.45, 7) is 1.82. The molecule has 0 fully saturated rings. The number of aromatic nitrogens is 4. The molecule has 0 saturated carbocycles. The molecule has 3 rings (SSSR count). The van der Waals surface area contributed by atoms with E-state index >= 15 is 0 Å². The van der Waals surface area contributed by atoms with Crippen molar-refractivity contribution in [1.29, 1.82) is 0 Å². The summed E-state index contributed by atoms with van der Waals surface area (Å²) in [7, 11) is 0. The zero-order valence-corrected chi connectivity index (χ0v) is 12.5. The maximum absolute atomic E-state index is 12.0. The normalized spacial score (nSPS) is 10.6. The molecule has 0 aliphatic carbocycles. The van der Waals surface area contributed by atoms with Gasteiger partial charge in [-0.2, -0.15) is 0 Å². The average molecular weight is 316 g/mol. The van der Waals surface area contributed by atoms with Crippen molar-refractivity contribution in [3.05, 3.63) is 46.8 Å². The summed E-state index contributed by atoms with van der Waals surface area (Å²) < 4.78 is 14.4. The summed E-state index contributed by atoms with van der Waals surface area (Å²) in [5.41, 5.74) is 1.44. The molecule has 8 heteroatoms. The van der Waals surface area contributed by atoms with Gasteiger partial charge in [0.1, 0.15) is 0 Å². The molecule has 0 saturated heterocycles. The van der Waals surface area contributed by atoms with E-state index < -0.39 is 5.97 Å². The van der Waals surface area contributed by atoms with Gasteiger partial charge in [-0.25, -0.2) is 4.79 Å². The van der Waals surface area contributed by atoms with Crippen LogP contribution < -0.4 is 0 Å². The van der Waals surface area contributed by atoms with Gasteiger partial charge in [-0.1, -0.05) is 29.6 Å². The van der Waals surface area contributed by atoms with E-state index in [-0.39, 0.29) is 12.5 Å². The quantitative estimate of drug-likeness (QED) is 0.668. The van der Waals surface area contributed by atoms with Crippen LogP contribution >= 0.6 is 11.5 Å². The Kier molecular flexibility index (Phi) is 4.19. The van der Waals surface area contributed by atoms with Gasteiger partial charge in [0.25, 0.3) is 5.89 Å². The molecule has 3 aromatic rings. The minimum Gasteiger partial charge on any atom is -0.451 e. The molecule has 0 atom stereocenters. The second-order valence-electron chi connectivity index (χ2n) is 4.35. The number of carbonyl (C=O) groups excluding carboxylic acids is 1. The van der Waals surface area contributed by atoms with E-state index in [0.717, 1.165) is 17.1 Å². The van der Waals surface area contributed by atoms with Crippen molar-refractivity contribution in [3.8, 4) is 11.5 Å². The van der Waals surface area contributed by atoms with Gasteiger partial charge in [-0.05, 0) is 30.1 Å². The molecule has 22 heavy (non-hydrogen) atoms. The van der Waals surface area contributed by atoms with Crippen LogP contribution in [-0.2, 0) is 17.8 Å². The summed E-state index contributed by atoms with van der Waals surface area (Å²) in [5.74, 6) is 0.148. The Hall–Kier alpha value is -2.61. The van der Waals surface area contributed by atoms with Gasteiger partial charge < -0.3 is 9.15 Å². The molecule has 0 unspecified atom stereocenters. The Balaban J connectivity index is 1.65. The number of hydrogen-bond donors (Lipinski definition) is 0. The molecular weight excluding hydrogens is 304 g/mol. The number of rotatable bonds is 5. The first-order valence-corrected chi connectivity index (χ1v) is 7.41. The molecule has 7 nitrogen and oxygen atoms in total. The number of benzene rings is 1. The van der Waals surface area contributed by atoms with Crippen molar-refractivity contribution < 1.29 is 13.9 Å². The zero-order chi connectivity index (χ0) is 15.4. The molecule has 2 aromatic heterocycles. The Bertz CT molecular complexity index is 769. The Morgan fingerprint density at radius 1 is 1.23 bits per heavy atom. The summed E-state index contributed by atoms with van der Waals surface area (Å²) in [4.78, 5) is 12.4. The molecule has 0 aliphatic heterocycles. The average Bonchev–Trinajstić information content (AvgIpc) is 3.22. The van der Waals surface area contributed by atoms with Crippen molar-refractivity contribution in [3.63, 3.8) is 0 Å². The first-order chi connectivity index (χ1) is 10.8. The highest BCUT2D eigenvalue weighted by molar-refractivity contribution is 7.07. The van der Waals surface area contributed by atoms with E-state index in [1.165, 1.54) is 0 Å². The van der Waals surface area contributed by atoms with Crippen LogP contribution in [0.2, 0.25) is 0 Å². The topological polar surface area (TPSA) is 91.0 Å². The summed E-state index contributed by atoms with van der Waals surface area (Å²) >= 11 is 1.02. The largest absolute Gasteiger partial charge is 0.451 e. The van der Waals surface area contributed by atoms with Crippen LogP contribution in [0, 0.1) is 0 Å². The Morgan fingerprint density at radius 2 is 2.05 bits per heavy atom. The number of nitrogens with zero attached hydrogens (tertiary/aromatic N) is 4. The lowest BCUT2D eigenvalue weighted by atomic mass is 10.2. The van der Waals surface area contributed by atoms with Crippen molar-refractivity contribution in [2.45, 2.75) is 20.0 Å². The van der Waals surface area contributed by atoms with Crippen molar-refractivity contribution >= 4 is 17.5 Å². The minimum absolute atomic E-state index is 0.0836. The monoisotopic (exact) mass is 316 g/mol. The van der Waals surface area contributed by atoms with Crippen LogP contribution in [0.15, 0.2) is 34.7 Å². The second kappa shape index (κ2) is 6.44. The predicted octanol–water partition coefficient (Wildman–Crippen LogP) is 2.51. The van der Waals surface area contributed by atoms with Crippen LogP contribution in [0.1, 0.15) is 28.2 Å². The first-order valence-electron chi connectivity index (χ1n) is 6.64. The zero-order valence-electron chi connectivity index (χ0n) is 11.7. The highest BCUT2D eigenvalue weighted by Crippen LogP contribution is 2.18. The lowest BCUT2D eigenvalue weighted by Gasteiger charge is -2.00. The van der Waals surface area contributed by atoms with Gasteiger partial charge in [0.2, 0.25) is 5.89 Å². The smallest absolute Gasteiger partial charge is 0.352 e. The van der Waals surface area contributed by atoms with E-state index in [0.29, 0.717) is 22.9 Å². The van der Waals surface area contributed by atoms with Crippen molar-refractivity contribution in [2.24, 2.45) is 0 Å². The fraction of sp³-hybridized carbons (Fsp3) is 0.214. The van der Waals surface area contributed by atoms with Crippen molar-refractivity contribution in [2.75, 3.05) is 0 Å². The SMILES string of the molecule is CCc1nnsc1C(=O)OCc1nnc(-c2ccccc2)o1. The molecule has 112 valence electrons. The van der Waals surface area contributed by atoms with Crippen LogP contribution in [-0.4, -0.2) is 25.8 Å². The third-order valence-corrected chi connectivity index (χ3v) is 3.64. The molecule has 2 heterocycles. The highest BCUT2D eigenvalue weighted by Gasteiger charge is 2.18. The lowest BCUT2D eigenvalue weighted by molar-refractivity contribution is 0.0443. The first kappa shape index (κ1) is 14.3. The van der Waals surface area contributed by atoms with E-state index in [1.54, 1.807) is 0 Å². The summed E-state index contributed by atoms with van der Waals surface area (Å²) in [5, 5.41) is 11.7. The Morgan fingerprint density at radius 3 is 2.82 bits per heavy atom. The third kappa shape index (κ3) is 3.01. The minimum atomic E-state index is -0.480. The van der Waals surface area contributed by atoms with E-state index in [4.69, 9.17) is 9.15 Å². The second-order valence-corrected chi connectivity index (χ2v) is 5.10. The number of aryl methyl sites for hydroxylation is 1. The van der Waals surface area contributed by atoms with Gasteiger partial charge in [0.15, 0.2) is 11.5 Å². The number of esters is 1. The van der Waals surface area contributed by atoms with Gasteiger partial charge in [-0.3, -0.25) is 0 Å². The van der Waals surface area contributed by atoms with Gasteiger partial charge in [0, 0.05) is 5.56 Å². The molecule has 0 amide bonds. The maximum Gasteiger partial charge on any atom is 0.352 e. The van der Waals surface area contributed by atoms with E-state index in [2.05, 4.69) is 19.8 Å². The van der Waals surface area contributed by atoms with Crippen LogP contribution in [0.3, 0.4) is 0 Å². The summed E-state index contributed by atoms with van der Waals surface area (Å²) in [6, 6.07) is 9.38. The fourth-order valence-electron chi connectivity index (χ4n) is 1.80. The Labute approximate surface area is 130 Å². The van der Waals surface area contributed by atoms with Gasteiger partial charge >= 0.3 is 5.97 Å². The van der Waals surface area contributed by atoms with Gasteiger partial charge in [-0.15, -0.1) is 15.3 Å². The molecule has 0 radical (unpaired) electrons. The maximum atomic E-state index is 12.0. The standard InChI is InChI=1S/C14H12N4O3S/c1-2-10-12(22-18-15-10)14(19)20-8-11-16-17-13(21-11)9-6-4-3-5-7-9/h3-7H,2,8H2,1H3. The van der Waals surface area contributed by atoms with Crippen molar-refractivity contribution in [1.82, 2.24) is 19.8 Å². The van der Waals surface area contributed by atoms with Crippen LogP contribution in [0.5, 0.6) is 0 Å². The van der Waals surface area contributed by atoms with E-state index in [9.17, 15) is 4.79 Å². The fourth-order valence-corrected chi connectivity index (χ4v) is 2.44. The molecular formula is C14H12N4O3S. The van der Waals surface area contributed by atoms with Crippen LogP contribution in [0.25, 0.3) is 11.5 Å². The van der Waals surface area contributed by atoms with Crippen LogP contribution in [0.4, 0.5) is 0 Å². The number of hydrogen-bond acceptors (Lipinski definition) is 8. The molecule has 0 N–H and O–H groups in total.